The highest BCUT2D eigenvalue weighted by Crippen LogP contribution is 2.34. The van der Waals surface area contributed by atoms with Crippen molar-refractivity contribution in [3.63, 3.8) is 0 Å². The molecule has 0 aromatic carbocycles. The second-order valence-corrected chi connectivity index (χ2v) is 2.84. The number of nitrogens with one attached hydrogen (secondary N) is 2. The Morgan fingerprint density at radius 2 is 1.57 bits per heavy atom. The van der Waals surface area contributed by atoms with Crippen LogP contribution >= 0.6 is 0 Å². The van der Waals surface area contributed by atoms with Crippen LogP contribution in [0.25, 0.3) is 0 Å². The van der Waals surface area contributed by atoms with Gasteiger partial charge in [0.1, 0.15) is 0 Å². The van der Waals surface area contributed by atoms with Gasteiger partial charge >= 0.3 is 12.1 Å². The Morgan fingerprint density at radius 3 is 2.00 bits per heavy atom. The molecular formula is C7H13F5N2. The molecular weight excluding hydrogens is 207 g/mol. The topological polar surface area (TPSA) is 24.1 Å². The molecule has 0 heterocycles. The van der Waals surface area contributed by atoms with Crippen molar-refractivity contribution in [3.8, 4) is 0 Å². The van der Waals surface area contributed by atoms with Crippen LogP contribution in [0.4, 0.5) is 22.0 Å². The smallest absolute Gasteiger partial charge is 0.320 e. The minimum Gasteiger partial charge on any atom is -0.320 e. The van der Waals surface area contributed by atoms with Crippen LogP contribution in [-0.4, -0.2) is 38.8 Å². The summed E-state index contributed by atoms with van der Waals surface area (Å²) in [5, 5.41) is 4.80. The van der Waals surface area contributed by atoms with E-state index in [0.29, 0.717) is 13.0 Å². The SMILES string of the molecule is CNCCCNCC(F)(F)C(F)(F)F. The maximum Gasteiger partial charge on any atom is 0.454 e. The molecule has 2 nitrogen and oxygen atoms in total. The number of halogens is 5. The summed E-state index contributed by atoms with van der Waals surface area (Å²) in [6, 6.07) is 0. The summed E-state index contributed by atoms with van der Waals surface area (Å²) in [6.45, 7) is -0.655. The lowest BCUT2D eigenvalue weighted by Gasteiger charge is -2.19. The molecule has 0 aliphatic heterocycles. The lowest BCUT2D eigenvalue weighted by molar-refractivity contribution is -0.279. The van der Waals surface area contributed by atoms with Crippen molar-refractivity contribution in [1.82, 2.24) is 10.6 Å². The fourth-order valence-corrected chi connectivity index (χ4v) is 0.736. The number of rotatable bonds is 6. The molecule has 0 aromatic heterocycles. The number of hydrogen-bond donors (Lipinski definition) is 2. The molecule has 0 aliphatic rings. The first-order chi connectivity index (χ1) is 6.31. The van der Waals surface area contributed by atoms with Crippen LogP contribution in [0.5, 0.6) is 0 Å². The standard InChI is InChI=1S/C7H13F5N2/c1-13-3-2-4-14-5-6(8,9)7(10,11)12/h13-14H,2-5H2,1H3. The van der Waals surface area contributed by atoms with Crippen LogP contribution in [0.2, 0.25) is 0 Å². The van der Waals surface area contributed by atoms with Crippen LogP contribution in [0.15, 0.2) is 0 Å². The van der Waals surface area contributed by atoms with Crippen LogP contribution in [0.1, 0.15) is 6.42 Å². The Hall–Kier alpha value is -0.430. The van der Waals surface area contributed by atoms with Crippen molar-refractivity contribution in [3.05, 3.63) is 0 Å². The fourth-order valence-electron chi connectivity index (χ4n) is 0.736. The van der Waals surface area contributed by atoms with E-state index in [1.54, 1.807) is 7.05 Å². The molecule has 86 valence electrons. The van der Waals surface area contributed by atoms with E-state index in [1.165, 1.54) is 0 Å². The Kier molecular flexibility index (Phi) is 5.28. The highest BCUT2D eigenvalue weighted by molar-refractivity contribution is 4.78. The molecule has 0 aliphatic carbocycles. The van der Waals surface area contributed by atoms with Gasteiger partial charge in [-0.15, -0.1) is 0 Å². The first kappa shape index (κ1) is 13.6. The Balaban J connectivity index is 3.67. The third-order valence-corrected chi connectivity index (χ3v) is 1.54. The molecule has 0 radical (unpaired) electrons. The van der Waals surface area contributed by atoms with Gasteiger partial charge in [0.25, 0.3) is 0 Å². The van der Waals surface area contributed by atoms with E-state index >= 15 is 0 Å². The molecule has 0 atom stereocenters. The van der Waals surface area contributed by atoms with Crippen molar-refractivity contribution in [2.24, 2.45) is 0 Å². The van der Waals surface area contributed by atoms with Gasteiger partial charge in [-0.1, -0.05) is 0 Å². The summed E-state index contributed by atoms with van der Waals surface area (Å²) in [6.07, 6.45) is -4.96. The lowest BCUT2D eigenvalue weighted by Crippen LogP contribution is -2.45. The molecule has 0 rings (SSSR count). The quantitative estimate of drug-likeness (QED) is 0.522. The predicted molar refractivity (Wildman–Crippen MR) is 42.4 cm³/mol. The van der Waals surface area contributed by atoms with Crippen LogP contribution in [0, 0.1) is 0 Å². The van der Waals surface area contributed by atoms with Gasteiger partial charge in [-0.3, -0.25) is 0 Å². The molecule has 14 heavy (non-hydrogen) atoms. The van der Waals surface area contributed by atoms with E-state index in [0.717, 1.165) is 0 Å². The van der Waals surface area contributed by atoms with Gasteiger partial charge in [0.15, 0.2) is 0 Å². The van der Waals surface area contributed by atoms with Crippen LogP contribution in [-0.2, 0) is 0 Å². The second-order valence-electron chi connectivity index (χ2n) is 2.84. The summed E-state index contributed by atoms with van der Waals surface area (Å²) in [5.74, 6) is -4.65. The third kappa shape index (κ3) is 4.71. The Labute approximate surface area is 78.9 Å². The van der Waals surface area contributed by atoms with Gasteiger partial charge in [0.05, 0.1) is 6.54 Å². The summed E-state index contributed by atoms with van der Waals surface area (Å²) < 4.78 is 59.3. The monoisotopic (exact) mass is 220 g/mol. The van der Waals surface area contributed by atoms with Crippen molar-refractivity contribution >= 4 is 0 Å². The average molecular weight is 220 g/mol. The molecule has 2 N–H and O–H groups in total. The summed E-state index contributed by atoms with van der Waals surface area (Å²) in [5.41, 5.74) is 0. The largest absolute Gasteiger partial charge is 0.454 e. The molecule has 0 bridgehead atoms. The van der Waals surface area contributed by atoms with Gasteiger partial charge in [0.2, 0.25) is 0 Å². The molecule has 7 heteroatoms. The van der Waals surface area contributed by atoms with Crippen molar-refractivity contribution in [2.45, 2.75) is 18.5 Å². The predicted octanol–water partition coefficient (Wildman–Crippen LogP) is 1.38. The minimum atomic E-state index is -5.47. The Morgan fingerprint density at radius 1 is 1.00 bits per heavy atom. The average Bonchev–Trinajstić information content (AvgIpc) is 2.02. The second kappa shape index (κ2) is 5.45. The zero-order valence-electron chi connectivity index (χ0n) is 7.72. The van der Waals surface area contributed by atoms with Crippen LogP contribution < -0.4 is 10.6 Å². The van der Waals surface area contributed by atoms with E-state index < -0.39 is 18.6 Å². The maximum absolute atomic E-state index is 12.2. The van der Waals surface area contributed by atoms with E-state index in [9.17, 15) is 22.0 Å². The first-order valence-electron chi connectivity index (χ1n) is 4.11. The molecule has 0 saturated heterocycles. The number of hydrogen-bond acceptors (Lipinski definition) is 2. The van der Waals surface area contributed by atoms with Gasteiger partial charge in [-0.2, -0.15) is 22.0 Å². The molecule has 0 saturated carbocycles. The zero-order chi connectivity index (χ0) is 11.2. The minimum absolute atomic E-state index is 0.131. The first-order valence-corrected chi connectivity index (χ1v) is 4.11. The molecule has 0 amide bonds. The lowest BCUT2D eigenvalue weighted by atomic mass is 10.3. The zero-order valence-corrected chi connectivity index (χ0v) is 7.72. The molecule has 0 fully saturated rings. The summed E-state index contributed by atoms with van der Waals surface area (Å²) in [4.78, 5) is 0. The van der Waals surface area contributed by atoms with Crippen molar-refractivity contribution in [1.29, 1.82) is 0 Å². The highest BCUT2D eigenvalue weighted by atomic mass is 19.4. The van der Waals surface area contributed by atoms with Gasteiger partial charge < -0.3 is 10.6 Å². The number of alkyl halides is 5. The summed E-state index contributed by atoms with van der Waals surface area (Å²) in [7, 11) is 1.67. The van der Waals surface area contributed by atoms with E-state index in [1.807, 2.05) is 0 Å². The highest BCUT2D eigenvalue weighted by Gasteiger charge is 2.56. The van der Waals surface area contributed by atoms with E-state index in [4.69, 9.17) is 0 Å². The Bertz CT molecular complexity index is 157. The van der Waals surface area contributed by atoms with Crippen molar-refractivity contribution in [2.75, 3.05) is 26.7 Å². The maximum atomic E-state index is 12.2. The molecule has 0 aromatic rings. The molecule has 0 unspecified atom stereocenters. The van der Waals surface area contributed by atoms with E-state index in [-0.39, 0.29) is 6.54 Å². The third-order valence-electron chi connectivity index (χ3n) is 1.54. The normalized spacial score (nSPS) is 13.3. The van der Waals surface area contributed by atoms with Crippen LogP contribution in [0.3, 0.4) is 0 Å². The van der Waals surface area contributed by atoms with Gasteiger partial charge in [-0.25, -0.2) is 0 Å². The van der Waals surface area contributed by atoms with Gasteiger partial charge in [-0.05, 0) is 26.6 Å². The van der Waals surface area contributed by atoms with Crippen molar-refractivity contribution < 1.29 is 22.0 Å². The van der Waals surface area contributed by atoms with Gasteiger partial charge in [0, 0.05) is 0 Å². The summed E-state index contributed by atoms with van der Waals surface area (Å²) >= 11 is 0. The fraction of sp³-hybridized carbons (Fsp3) is 1.00. The van der Waals surface area contributed by atoms with E-state index in [2.05, 4.69) is 10.6 Å². The molecule has 0 spiro atoms.